The Hall–Kier alpha value is -4.43. The highest BCUT2D eigenvalue weighted by Crippen LogP contribution is 2.31. The van der Waals surface area contributed by atoms with Crippen LogP contribution in [0, 0.1) is 5.82 Å². The summed E-state index contributed by atoms with van der Waals surface area (Å²) in [4.78, 5) is 31.4. The second kappa shape index (κ2) is 14.1. The van der Waals surface area contributed by atoms with Gasteiger partial charge in [-0.2, -0.15) is 18.3 Å². The van der Waals surface area contributed by atoms with Crippen molar-refractivity contribution in [3.05, 3.63) is 69.2 Å². The number of carbonyl (C=O) groups excluding carboxylic acids is 1. The first-order chi connectivity index (χ1) is 18.8. The minimum absolute atomic E-state index is 0.0218. The SMILES string of the molecule is CCCCCN(C)/C=C\c1cc(-c2ncc(C(F)F)c(N)n2)c(F)cc1C=O.O=c1[nH]ncc(O)c1C(F)(F)F. The zero-order valence-corrected chi connectivity index (χ0v) is 21.3. The quantitative estimate of drug-likeness (QED) is 0.181. The van der Waals surface area contributed by atoms with E-state index < -0.39 is 46.7 Å². The first-order valence-electron chi connectivity index (χ1n) is 11.7. The van der Waals surface area contributed by atoms with E-state index in [1.807, 2.05) is 11.9 Å². The number of aromatic amines is 1. The molecule has 0 bridgehead atoms. The molecule has 0 spiro atoms. The number of halogens is 6. The summed E-state index contributed by atoms with van der Waals surface area (Å²) in [6, 6.07) is 2.48. The van der Waals surface area contributed by atoms with Crippen LogP contribution in [-0.2, 0) is 6.18 Å². The summed E-state index contributed by atoms with van der Waals surface area (Å²) in [7, 11) is 1.91. The lowest BCUT2D eigenvalue weighted by atomic mass is 10.0. The van der Waals surface area contributed by atoms with Gasteiger partial charge < -0.3 is 15.7 Å². The van der Waals surface area contributed by atoms with Crippen LogP contribution in [0.1, 0.15) is 59.7 Å². The molecule has 3 aromatic rings. The Bertz CT molecular complexity index is 1390. The fraction of sp³-hybridized carbons (Fsp3) is 0.320. The van der Waals surface area contributed by atoms with Gasteiger partial charge in [-0.1, -0.05) is 19.8 Å². The van der Waals surface area contributed by atoms with Crippen molar-refractivity contribution in [3.8, 4) is 17.1 Å². The van der Waals surface area contributed by atoms with Gasteiger partial charge in [0.1, 0.15) is 11.6 Å². The molecule has 216 valence electrons. The van der Waals surface area contributed by atoms with Crippen LogP contribution >= 0.6 is 0 Å². The molecule has 2 heterocycles. The number of unbranched alkanes of at least 4 members (excludes halogenated alkanes) is 2. The Balaban J connectivity index is 0.000000389. The van der Waals surface area contributed by atoms with Crippen molar-refractivity contribution in [1.82, 2.24) is 25.1 Å². The number of rotatable bonds is 9. The monoisotopic (exact) mass is 572 g/mol. The molecular formula is C25H26F6N6O3. The number of aromatic nitrogens is 4. The zero-order valence-electron chi connectivity index (χ0n) is 21.3. The highest BCUT2D eigenvalue weighted by atomic mass is 19.4. The number of benzene rings is 1. The van der Waals surface area contributed by atoms with Gasteiger partial charge in [-0.15, -0.1) is 0 Å². The molecule has 0 unspecified atom stereocenters. The van der Waals surface area contributed by atoms with E-state index in [0.717, 1.165) is 38.1 Å². The third kappa shape index (κ3) is 8.54. The average molecular weight is 573 g/mol. The second-order valence-electron chi connectivity index (χ2n) is 8.37. The third-order valence-corrected chi connectivity index (χ3v) is 5.37. The maximum Gasteiger partial charge on any atom is 0.425 e. The number of nitrogens with two attached hydrogens (primary N) is 1. The minimum atomic E-state index is -4.86. The molecule has 0 saturated carbocycles. The third-order valence-electron chi connectivity index (χ3n) is 5.37. The van der Waals surface area contributed by atoms with Crippen molar-refractivity contribution in [1.29, 1.82) is 0 Å². The number of carbonyl (C=O) groups is 1. The van der Waals surface area contributed by atoms with Gasteiger partial charge in [-0.25, -0.2) is 28.2 Å². The highest BCUT2D eigenvalue weighted by Gasteiger charge is 2.37. The van der Waals surface area contributed by atoms with Crippen LogP contribution in [0.25, 0.3) is 17.5 Å². The predicted octanol–water partition coefficient (Wildman–Crippen LogP) is 5.20. The molecule has 40 heavy (non-hydrogen) atoms. The summed E-state index contributed by atoms with van der Waals surface area (Å²) in [6.45, 7) is 2.97. The highest BCUT2D eigenvalue weighted by molar-refractivity contribution is 5.84. The van der Waals surface area contributed by atoms with Crippen LogP contribution in [0.4, 0.5) is 32.2 Å². The lowest BCUT2D eigenvalue weighted by Gasteiger charge is -2.14. The van der Waals surface area contributed by atoms with Crippen molar-refractivity contribution in [2.45, 2.75) is 38.8 Å². The molecule has 0 aliphatic heterocycles. The minimum Gasteiger partial charge on any atom is -0.505 e. The number of aromatic hydroxyl groups is 1. The number of alkyl halides is 5. The largest absolute Gasteiger partial charge is 0.505 e. The van der Waals surface area contributed by atoms with E-state index in [4.69, 9.17) is 10.8 Å². The van der Waals surface area contributed by atoms with E-state index in [2.05, 4.69) is 22.0 Å². The average Bonchev–Trinajstić information content (AvgIpc) is 2.87. The normalized spacial score (nSPS) is 11.4. The molecule has 0 aliphatic rings. The number of nitrogens with one attached hydrogen (secondary N) is 1. The van der Waals surface area contributed by atoms with E-state index in [1.165, 1.54) is 6.07 Å². The Morgan fingerprint density at radius 1 is 1.18 bits per heavy atom. The Morgan fingerprint density at radius 2 is 1.88 bits per heavy atom. The standard InChI is InChI=1S/C20H23F3N4O.C5H3F3N2O2/c1-3-4-5-7-27(2)8-6-13-9-15(17(21)10-14(13)12-28)20-25-11-16(18(22)23)19(24)26-20;6-5(7,8)3-2(11)1-9-10-4(3)12/h6,8-12,18H,3-5,7H2,1-2H3,(H2,24,25,26);1H,(H2,10,11,12)/b8-6-;. The van der Waals surface area contributed by atoms with Crippen LogP contribution in [0.5, 0.6) is 5.75 Å². The fourth-order valence-electron chi connectivity index (χ4n) is 3.28. The van der Waals surface area contributed by atoms with E-state index in [0.29, 0.717) is 18.0 Å². The molecule has 0 fully saturated rings. The van der Waals surface area contributed by atoms with Gasteiger partial charge in [0.25, 0.3) is 12.0 Å². The van der Waals surface area contributed by atoms with Crippen LogP contribution < -0.4 is 11.3 Å². The number of anilines is 1. The molecule has 0 atom stereocenters. The molecule has 2 aromatic heterocycles. The summed E-state index contributed by atoms with van der Waals surface area (Å²) in [5, 5.41) is 13.2. The van der Waals surface area contributed by atoms with Gasteiger partial charge in [0, 0.05) is 25.4 Å². The van der Waals surface area contributed by atoms with E-state index in [-0.39, 0.29) is 17.0 Å². The van der Waals surface area contributed by atoms with Crippen LogP contribution in [-0.4, -0.2) is 50.1 Å². The number of hydrogen-bond acceptors (Lipinski definition) is 8. The lowest BCUT2D eigenvalue weighted by molar-refractivity contribution is -0.140. The molecule has 0 radical (unpaired) electrons. The first-order valence-corrected chi connectivity index (χ1v) is 11.7. The van der Waals surface area contributed by atoms with Gasteiger partial charge in [-0.05, 0) is 36.4 Å². The Kier molecular flexibility index (Phi) is 11.2. The first kappa shape index (κ1) is 31.8. The summed E-state index contributed by atoms with van der Waals surface area (Å²) in [6.07, 6.45) is 1.03. The van der Waals surface area contributed by atoms with Crippen LogP contribution in [0.2, 0.25) is 0 Å². The van der Waals surface area contributed by atoms with Gasteiger partial charge in [-0.3, -0.25) is 9.59 Å². The van der Waals surface area contributed by atoms with Crippen LogP contribution in [0.15, 0.2) is 35.5 Å². The van der Waals surface area contributed by atoms with E-state index in [9.17, 15) is 35.9 Å². The summed E-state index contributed by atoms with van der Waals surface area (Å²) in [5.74, 6) is -2.44. The summed E-state index contributed by atoms with van der Waals surface area (Å²) in [5.41, 5.74) is 2.54. The maximum atomic E-state index is 14.4. The van der Waals surface area contributed by atoms with Gasteiger partial charge >= 0.3 is 6.18 Å². The number of aldehydes is 1. The molecule has 0 aliphatic carbocycles. The van der Waals surface area contributed by atoms with Crippen molar-refractivity contribution in [2.75, 3.05) is 19.3 Å². The molecule has 0 amide bonds. The zero-order chi connectivity index (χ0) is 30.0. The maximum absolute atomic E-state index is 14.4. The summed E-state index contributed by atoms with van der Waals surface area (Å²) < 4.78 is 75.8. The van der Waals surface area contributed by atoms with Crippen molar-refractivity contribution in [2.24, 2.45) is 0 Å². The molecular weight excluding hydrogens is 546 g/mol. The van der Waals surface area contributed by atoms with E-state index in [1.54, 1.807) is 17.4 Å². The number of H-pyrrole nitrogens is 1. The molecule has 3 rings (SSSR count). The molecule has 15 heteroatoms. The van der Waals surface area contributed by atoms with Crippen molar-refractivity contribution in [3.63, 3.8) is 0 Å². The molecule has 1 aromatic carbocycles. The Labute approximate surface area is 224 Å². The summed E-state index contributed by atoms with van der Waals surface area (Å²) >= 11 is 0. The predicted molar refractivity (Wildman–Crippen MR) is 135 cm³/mol. The number of nitrogens with zero attached hydrogens (tertiary/aromatic N) is 4. The Morgan fingerprint density at radius 3 is 2.40 bits per heavy atom. The number of nitrogen functional groups attached to an aromatic ring is 1. The number of hydrogen-bond donors (Lipinski definition) is 3. The van der Waals surface area contributed by atoms with Crippen molar-refractivity contribution < 1.29 is 36.2 Å². The molecule has 0 saturated heterocycles. The molecule has 9 nitrogen and oxygen atoms in total. The molecule has 4 N–H and O–H groups in total. The van der Waals surface area contributed by atoms with Gasteiger partial charge in [0.2, 0.25) is 0 Å². The van der Waals surface area contributed by atoms with Crippen LogP contribution in [0.3, 0.4) is 0 Å². The second-order valence-corrected chi connectivity index (χ2v) is 8.37. The smallest absolute Gasteiger partial charge is 0.425 e. The lowest BCUT2D eigenvalue weighted by Crippen LogP contribution is -2.22. The fourth-order valence-corrected chi connectivity index (χ4v) is 3.28. The van der Waals surface area contributed by atoms with E-state index >= 15 is 0 Å². The van der Waals surface area contributed by atoms with Crippen molar-refractivity contribution >= 4 is 18.2 Å². The topological polar surface area (TPSA) is 138 Å². The van der Waals surface area contributed by atoms with Gasteiger partial charge in [0.15, 0.2) is 23.4 Å². The van der Waals surface area contributed by atoms with Gasteiger partial charge in [0.05, 0.1) is 17.3 Å².